The van der Waals surface area contributed by atoms with Crippen molar-refractivity contribution in [1.82, 2.24) is 0 Å². The standard InChI is InChI=1S/C6H6F2.C2H6/c7-6(8)4-2-1-3-5-6;1-2/h1-4H,5H2;1-2H3. The lowest BCUT2D eigenvalue weighted by molar-refractivity contribution is 0.0576. The summed E-state index contributed by atoms with van der Waals surface area (Å²) in [7, 11) is 0. The summed E-state index contributed by atoms with van der Waals surface area (Å²) >= 11 is 0. The molecular weight excluding hydrogens is 134 g/mol. The van der Waals surface area contributed by atoms with Crippen molar-refractivity contribution in [3.8, 4) is 0 Å². The summed E-state index contributed by atoms with van der Waals surface area (Å²) in [6.07, 6.45) is 5.21. The molecule has 58 valence electrons. The lowest BCUT2D eigenvalue weighted by Crippen LogP contribution is -2.11. The molecule has 0 spiro atoms. The predicted molar refractivity (Wildman–Crippen MR) is 39.2 cm³/mol. The van der Waals surface area contributed by atoms with E-state index in [9.17, 15) is 8.78 Å². The van der Waals surface area contributed by atoms with E-state index >= 15 is 0 Å². The molecule has 0 radical (unpaired) electrons. The van der Waals surface area contributed by atoms with Crippen molar-refractivity contribution in [2.45, 2.75) is 26.2 Å². The maximum absolute atomic E-state index is 12.1. The van der Waals surface area contributed by atoms with Crippen LogP contribution in [-0.2, 0) is 0 Å². The van der Waals surface area contributed by atoms with Crippen LogP contribution in [0, 0.1) is 0 Å². The third-order valence-electron chi connectivity index (χ3n) is 0.977. The number of hydrogen-bond donors (Lipinski definition) is 0. The molecule has 2 heteroatoms. The second-order valence-electron chi connectivity index (χ2n) is 1.75. The minimum atomic E-state index is -2.59. The highest BCUT2D eigenvalue weighted by molar-refractivity contribution is 5.14. The molecular formula is C8H12F2. The molecule has 0 saturated carbocycles. The summed E-state index contributed by atoms with van der Waals surface area (Å²) < 4.78 is 24.1. The van der Waals surface area contributed by atoms with E-state index in [0.29, 0.717) is 0 Å². The van der Waals surface area contributed by atoms with Gasteiger partial charge in [0.15, 0.2) is 0 Å². The molecule has 0 saturated heterocycles. The first-order chi connectivity index (χ1) is 4.71. The van der Waals surface area contributed by atoms with Crippen LogP contribution in [0.1, 0.15) is 20.3 Å². The summed E-state index contributed by atoms with van der Waals surface area (Å²) in [6, 6.07) is 0. The Hall–Kier alpha value is -0.660. The number of halogens is 2. The molecule has 1 aliphatic carbocycles. The van der Waals surface area contributed by atoms with Crippen molar-refractivity contribution in [2.75, 3.05) is 0 Å². The maximum Gasteiger partial charge on any atom is 0.270 e. The number of alkyl halides is 2. The Balaban J connectivity index is 0.000000371. The van der Waals surface area contributed by atoms with Gasteiger partial charge in [-0.3, -0.25) is 0 Å². The van der Waals surface area contributed by atoms with E-state index in [1.54, 1.807) is 6.08 Å². The molecule has 0 N–H and O–H groups in total. The highest BCUT2D eigenvalue weighted by Crippen LogP contribution is 2.22. The molecule has 0 fully saturated rings. The van der Waals surface area contributed by atoms with E-state index in [1.807, 2.05) is 13.8 Å². The van der Waals surface area contributed by atoms with Crippen LogP contribution in [0.25, 0.3) is 0 Å². The van der Waals surface area contributed by atoms with Gasteiger partial charge in [0.05, 0.1) is 0 Å². The zero-order chi connectivity index (χ0) is 8.04. The van der Waals surface area contributed by atoms with Crippen molar-refractivity contribution in [2.24, 2.45) is 0 Å². The maximum atomic E-state index is 12.1. The van der Waals surface area contributed by atoms with E-state index in [4.69, 9.17) is 0 Å². The van der Waals surface area contributed by atoms with Crippen LogP contribution >= 0.6 is 0 Å². The van der Waals surface area contributed by atoms with Crippen LogP contribution in [0.4, 0.5) is 8.78 Å². The zero-order valence-electron chi connectivity index (χ0n) is 6.27. The van der Waals surface area contributed by atoms with Crippen LogP contribution in [0.3, 0.4) is 0 Å². The normalized spacial score (nSPS) is 19.6. The molecule has 0 heterocycles. The Bertz CT molecular complexity index is 134. The van der Waals surface area contributed by atoms with Gasteiger partial charge in [-0.05, 0) is 6.08 Å². The van der Waals surface area contributed by atoms with Crippen molar-refractivity contribution < 1.29 is 8.78 Å². The molecule has 0 aromatic rings. The zero-order valence-corrected chi connectivity index (χ0v) is 6.27. The second-order valence-corrected chi connectivity index (χ2v) is 1.75. The smallest absolute Gasteiger partial charge is 0.202 e. The minimum absolute atomic E-state index is 0.149. The average molecular weight is 146 g/mol. The number of allylic oxidation sites excluding steroid dienone is 4. The van der Waals surface area contributed by atoms with Crippen molar-refractivity contribution in [3.63, 3.8) is 0 Å². The average Bonchev–Trinajstić information content (AvgIpc) is 1.92. The molecule has 0 aromatic carbocycles. The predicted octanol–water partition coefficient (Wildman–Crippen LogP) is 3.16. The molecule has 1 rings (SSSR count). The Morgan fingerprint density at radius 3 is 2.00 bits per heavy atom. The Kier molecular flexibility index (Phi) is 3.93. The third-order valence-corrected chi connectivity index (χ3v) is 0.977. The fourth-order valence-electron chi connectivity index (χ4n) is 0.568. The van der Waals surface area contributed by atoms with E-state index in [-0.39, 0.29) is 6.42 Å². The summed E-state index contributed by atoms with van der Waals surface area (Å²) in [5, 5.41) is 0. The summed E-state index contributed by atoms with van der Waals surface area (Å²) in [5.41, 5.74) is 0. The van der Waals surface area contributed by atoms with Crippen molar-refractivity contribution in [1.29, 1.82) is 0 Å². The van der Waals surface area contributed by atoms with Gasteiger partial charge in [-0.25, -0.2) is 8.78 Å². The highest BCUT2D eigenvalue weighted by atomic mass is 19.3. The van der Waals surface area contributed by atoms with Crippen LogP contribution < -0.4 is 0 Å². The van der Waals surface area contributed by atoms with Gasteiger partial charge in [0, 0.05) is 6.42 Å². The Morgan fingerprint density at radius 2 is 1.80 bits per heavy atom. The summed E-state index contributed by atoms with van der Waals surface area (Å²) in [5.74, 6) is -2.59. The summed E-state index contributed by atoms with van der Waals surface area (Å²) in [6.45, 7) is 4.00. The summed E-state index contributed by atoms with van der Waals surface area (Å²) in [4.78, 5) is 0. The number of rotatable bonds is 0. The molecule has 0 atom stereocenters. The van der Waals surface area contributed by atoms with Gasteiger partial charge in [0.2, 0.25) is 0 Å². The van der Waals surface area contributed by atoms with Gasteiger partial charge in [-0.1, -0.05) is 32.1 Å². The second kappa shape index (κ2) is 4.20. The molecule has 0 aromatic heterocycles. The van der Waals surface area contributed by atoms with Crippen molar-refractivity contribution >= 4 is 0 Å². The van der Waals surface area contributed by atoms with Gasteiger partial charge in [-0.2, -0.15) is 0 Å². The first kappa shape index (κ1) is 9.34. The van der Waals surface area contributed by atoms with Crippen LogP contribution in [0.5, 0.6) is 0 Å². The third kappa shape index (κ3) is 3.38. The Morgan fingerprint density at radius 1 is 1.20 bits per heavy atom. The van der Waals surface area contributed by atoms with Gasteiger partial charge in [-0.15, -0.1) is 0 Å². The van der Waals surface area contributed by atoms with Crippen molar-refractivity contribution in [3.05, 3.63) is 24.3 Å². The van der Waals surface area contributed by atoms with Gasteiger partial charge in [0.1, 0.15) is 0 Å². The highest BCUT2D eigenvalue weighted by Gasteiger charge is 2.23. The molecule has 0 nitrogen and oxygen atoms in total. The molecule has 0 aliphatic heterocycles. The van der Waals surface area contributed by atoms with E-state index in [1.165, 1.54) is 12.2 Å². The Labute approximate surface area is 60.2 Å². The van der Waals surface area contributed by atoms with E-state index in [2.05, 4.69) is 0 Å². The first-order valence-corrected chi connectivity index (χ1v) is 3.43. The molecule has 1 aliphatic rings. The van der Waals surface area contributed by atoms with Crippen LogP contribution in [0.15, 0.2) is 24.3 Å². The topological polar surface area (TPSA) is 0 Å². The molecule has 0 bridgehead atoms. The molecule has 0 amide bonds. The van der Waals surface area contributed by atoms with Gasteiger partial charge < -0.3 is 0 Å². The van der Waals surface area contributed by atoms with E-state index < -0.39 is 5.92 Å². The van der Waals surface area contributed by atoms with Crippen LogP contribution in [-0.4, -0.2) is 5.92 Å². The monoisotopic (exact) mass is 146 g/mol. The van der Waals surface area contributed by atoms with E-state index in [0.717, 1.165) is 6.08 Å². The molecule has 10 heavy (non-hydrogen) atoms. The SMILES string of the molecule is CC.FC1(F)C=CC=CC1. The quantitative estimate of drug-likeness (QED) is 0.492. The minimum Gasteiger partial charge on any atom is -0.202 e. The largest absolute Gasteiger partial charge is 0.270 e. The molecule has 0 unspecified atom stereocenters. The van der Waals surface area contributed by atoms with Gasteiger partial charge in [0.25, 0.3) is 5.92 Å². The number of hydrogen-bond acceptors (Lipinski definition) is 0. The van der Waals surface area contributed by atoms with Gasteiger partial charge >= 0.3 is 0 Å². The first-order valence-electron chi connectivity index (χ1n) is 3.43. The fourth-order valence-corrected chi connectivity index (χ4v) is 0.568. The van der Waals surface area contributed by atoms with Crippen LogP contribution in [0.2, 0.25) is 0 Å². The lowest BCUT2D eigenvalue weighted by Gasteiger charge is -2.09. The lowest BCUT2D eigenvalue weighted by atomic mass is 10.1. The fraction of sp³-hybridized carbons (Fsp3) is 0.500.